The first-order valence-electron chi connectivity index (χ1n) is 5.80. The molecule has 18 heavy (non-hydrogen) atoms. The molecule has 1 atom stereocenters. The molecule has 1 fully saturated rings. The predicted octanol–water partition coefficient (Wildman–Crippen LogP) is 0.763. The summed E-state index contributed by atoms with van der Waals surface area (Å²) >= 11 is 0. The number of hydrogen-bond acceptors (Lipinski definition) is 4. The van der Waals surface area contributed by atoms with Crippen LogP contribution in [0.15, 0.2) is 24.3 Å². The lowest BCUT2D eigenvalue weighted by Gasteiger charge is -2.38. The van der Waals surface area contributed by atoms with E-state index in [-0.39, 0.29) is 0 Å². The fourth-order valence-electron chi connectivity index (χ4n) is 2.15. The zero-order chi connectivity index (χ0) is 13.1. The van der Waals surface area contributed by atoms with Crippen molar-refractivity contribution in [2.75, 3.05) is 31.6 Å². The first kappa shape index (κ1) is 12.4. The van der Waals surface area contributed by atoms with Crippen molar-refractivity contribution >= 4 is 11.7 Å². The molecule has 0 saturated carbocycles. The van der Waals surface area contributed by atoms with Crippen molar-refractivity contribution in [3.63, 3.8) is 0 Å². The van der Waals surface area contributed by atoms with Gasteiger partial charge in [-0.25, -0.2) is 0 Å². The maximum absolute atomic E-state index is 11.1. The normalized spacial score (nSPS) is 20.4. The lowest BCUT2D eigenvalue weighted by molar-refractivity contribution is -0.142. The van der Waals surface area contributed by atoms with E-state index in [1.807, 2.05) is 29.0 Å². The minimum atomic E-state index is -0.807. The van der Waals surface area contributed by atoms with Crippen LogP contribution in [0, 0.1) is 11.3 Å². The van der Waals surface area contributed by atoms with Crippen LogP contribution in [0.3, 0.4) is 0 Å². The summed E-state index contributed by atoms with van der Waals surface area (Å²) in [5.41, 5.74) is 1.51. The Morgan fingerprint density at radius 1 is 1.50 bits per heavy atom. The topological polar surface area (TPSA) is 67.6 Å². The predicted molar refractivity (Wildman–Crippen MR) is 67.4 cm³/mol. The number of nitrogens with zero attached hydrogens (tertiary/aromatic N) is 3. The van der Waals surface area contributed by atoms with Gasteiger partial charge >= 0.3 is 5.97 Å². The average molecular weight is 245 g/mol. The molecule has 2 rings (SSSR count). The molecule has 5 nitrogen and oxygen atoms in total. The fourth-order valence-corrected chi connectivity index (χ4v) is 2.15. The molecule has 94 valence electrons. The van der Waals surface area contributed by atoms with Crippen molar-refractivity contribution in [3.05, 3.63) is 29.8 Å². The van der Waals surface area contributed by atoms with E-state index in [0.717, 1.165) is 12.2 Å². The minimum absolute atomic E-state index is 0.445. The summed E-state index contributed by atoms with van der Waals surface area (Å²) < 4.78 is 0. The number of anilines is 1. The van der Waals surface area contributed by atoms with Crippen LogP contribution in [0.1, 0.15) is 5.56 Å². The molecule has 0 spiro atoms. The van der Waals surface area contributed by atoms with Gasteiger partial charge in [-0.3, -0.25) is 9.69 Å². The maximum Gasteiger partial charge on any atom is 0.322 e. The van der Waals surface area contributed by atoms with E-state index >= 15 is 0 Å². The second-order valence-electron chi connectivity index (χ2n) is 4.44. The summed E-state index contributed by atoms with van der Waals surface area (Å²) in [6.07, 6.45) is 0. The van der Waals surface area contributed by atoms with E-state index in [1.165, 1.54) is 0 Å². The van der Waals surface area contributed by atoms with Crippen LogP contribution in [-0.2, 0) is 4.79 Å². The Hall–Kier alpha value is -2.06. The number of carboxylic acid groups (broad SMARTS) is 1. The first-order chi connectivity index (χ1) is 8.61. The van der Waals surface area contributed by atoms with Crippen molar-refractivity contribution in [3.8, 4) is 6.07 Å². The third-order valence-electron chi connectivity index (χ3n) is 3.27. The molecule has 1 N–H and O–H groups in total. The van der Waals surface area contributed by atoms with Crippen LogP contribution < -0.4 is 4.90 Å². The SMILES string of the molecule is CN1CCN(c2cccc(C#N)c2)CC1C(=O)O. The summed E-state index contributed by atoms with van der Waals surface area (Å²) in [4.78, 5) is 15.0. The van der Waals surface area contributed by atoms with Gasteiger partial charge in [-0.15, -0.1) is 0 Å². The fraction of sp³-hybridized carbons (Fsp3) is 0.385. The van der Waals surface area contributed by atoms with Gasteiger partial charge in [0.2, 0.25) is 0 Å². The highest BCUT2D eigenvalue weighted by molar-refractivity contribution is 5.75. The van der Waals surface area contributed by atoms with Crippen molar-refractivity contribution in [1.82, 2.24) is 4.90 Å². The highest BCUT2D eigenvalue weighted by Crippen LogP contribution is 2.19. The highest BCUT2D eigenvalue weighted by Gasteiger charge is 2.29. The number of likely N-dealkylation sites (N-methyl/N-ethyl adjacent to an activating group) is 1. The summed E-state index contributed by atoms with van der Waals surface area (Å²) in [6, 6.07) is 8.87. The van der Waals surface area contributed by atoms with E-state index in [9.17, 15) is 4.79 Å². The Balaban J connectivity index is 2.19. The van der Waals surface area contributed by atoms with Crippen LogP contribution in [-0.4, -0.2) is 48.7 Å². The zero-order valence-electron chi connectivity index (χ0n) is 10.2. The van der Waals surface area contributed by atoms with Crippen LogP contribution in [0.4, 0.5) is 5.69 Å². The number of rotatable bonds is 2. The van der Waals surface area contributed by atoms with E-state index in [2.05, 4.69) is 6.07 Å². The summed E-state index contributed by atoms with van der Waals surface area (Å²) in [7, 11) is 1.82. The van der Waals surface area contributed by atoms with Gasteiger partial charge in [0, 0.05) is 25.3 Å². The number of piperazine rings is 1. The quantitative estimate of drug-likeness (QED) is 0.833. The van der Waals surface area contributed by atoms with Crippen molar-refractivity contribution < 1.29 is 9.90 Å². The molecule has 1 aromatic carbocycles. The molecule has 1 aliphatic heterocycles. The van der Waals surface area contributed by atoms with Crippen LogP contribution in [0.2, 0.25) is 0 Å². The molecule has 0 amide bonds. The number of carboxylic acids is 1. The van der Waals surface area contributed by atoms with Crippen LogP contribution in [0.5, 0.6) is 0 Å². The van der Waals surface area contributed by atoms with Gasteiger partial charge in [-0.05, 0) is 25.2 Å². The number of benzene rings is 1. The Morgan fingerprint density at radius 2 is 2.28 bits per heavy atom. The third-order valence-corrected chi connectivity index (χ3v) is 3.27. The largest absolute Gasteiger partial charge is 0.480 e. The molecular weight excluding hydrogens is 230 g/mol. The van der Waals surface area contributed by atoms with E-state index in [1.54, 1.807) is 12.1 Å². The maximum atomic E-state index is 11.1. The lowest BCUT2D eigenvalue weighted by Crippen LogP contribution is -2.54. The number of carbonyl (C=O) groups is 1. The van der Waals surface area contributed by atoms with Crippen LogP contribution >= 0.6 is 0 Å². The summed E-state index contributed by atoms with van der Waals surface area (Å²) in [6.45, 7) is 1.92. The van der Waals surface area contributed by atoms with Gasteiger partial charge in [-0.1, -0.05) is 6.07 Å². The summed E-state index contributed by atoms with van der Waals surface area (Å²) in [5, 5.41) is 18.0. The van der Waals surface area contributed by atoms with E-state index in [0.29, 0.717) is 18.7 Å². The zero-order valence-corrected chi connectivity index (χ0v) is 10.2. The Kier molecular flexibility index (Phi) is 3.49. The molecule has 0 bridgehead atoms. The first-order valence-corrected chi connectivity index (χ1v) is 5.80. The molecule has 1 aliphatic rings. The molecule has 0 aliphatic carbocycles. The van der Waals surface area contributed by atoms with Crippen molar-refractivity contribution in [1.29, 1.82) is 5.26 Å². The van der Waals surface area contributed by atoms with Crippen molar-refractivity contribution in [2.24, 2.45) is 0 Å². The number of nitriles is 1. The standard InChI is InChI=1S/C13H15N3O2/c1-15-5-6-16(9-12(15)13(17)18)11-4-2-3-10(7-11)8-14/h2-4,7,12H,5-6,9H2,1H3,(H,17,18). The smallest absolute Gasteiger partial charge is 0.322 e. The molecule has 1 heterocycles. The minimum Gasteiger partial charge on any atom is -0.480 e. The van der Waals surface area contributed by atoms with Gasteiger partial charge in [-0.2, -0.15) is 5.26 Å². The van der Waals surface area contributed by atoms with E-state index in [4.69, 9.17) is 10.4 Å². The Labute approximate surface area is 106 Å². The molecule has 1 unspecified atom stereocenters. The van der Waals surface area contributed by atoms with Gasteiger partial charge < -0.3 is 10.0 Å². The monoisotopic (exact) mass is 245 g/mol. The second kappa shape index (κ2) is 5.07. The van der Waals surface area contributed by atoms with Gasteiger partial charge in [0.15, 0.2) is 0 Å². The third kappa shape index (κ3) is 2.44. The van der Waals surface area contributed by atoms with Crippen molar-refractivity contribution in [2.45, 2.75) is 6.04 Å². The van der Waals surface area contributed by atoms with Gasteiger partial charge in [0.05, 0.1) is 11.6 Å². The Morgan fingerprint density at radius 3 is 2.94 bits per heavy atom. The second-order valence-corrected chi connectivity index (χ2v) is 4.44. The van der Waals surface area contributed by atoms with E-state index < -0.39 is 12.0 Å². The molecular formula is C13H15N3O2. The molecule has 0 radical (unpaired) electrons. The summed E-state index contributed by atoms with van der Waals surface area (Å²) in [5.74, 6) is -0.807. The number of hydrogen-bond donors (Lipinski definition) is 1. The average Bonchev–Trinajstić information content (AvgIpc) is 2.39. The molecule has 0 aromatic heterocycles. The molecule has 1 aromatic rings. The molecule has 1 saturated heterocycles. The lowest BCUT2D eigenvalue weighted by atomic mass is 10.1. The Bertz CT molecular complexity index is 495. The molecule has 5 heteroatoms. The van der Waals surface area contributed by atoms with Gasteiger partial charge in [0.25, 0.3) is 0 Å². The number of aliphatic carboxylic acids is 1. The van der Waals surface area contributed by atoms with Gasteiger partial charge in [0.1, 0.15) is 6.04 Å². The highest BCUT2D eigenvalue weighted by atomic mass is 16.4. The van der Waals surface area contributed by atoms with Crippen LogP contribution in [0.25, 0.3) is 0 Å².